The molecule has 1 fully saturated rings. The number of nitrogens with zero attached hydrogens (tertiary/aromatic N) is 1. The van der Waals surface area contributed by atoms with Gasteiger partial charge < -0.3 is 19.6 Å². The Labute approximate surface area is 158 Å². The maximum Gasteiger partial charge on any atom is 0.407 e. The first-order valence-electron chi connectivity index (χ1n) is 8.77. The van der Waals surface area contributed by atoms with E-state index in [0.29, 0.717) is 12.0 Å². The summed E-state index contributed by atoms with van der Waals surface area (Å²) in [4.78, 5) is 41.7. The van der Waals surface area contributed by atoms with Gasteiger partial charge in [0.2, 0.25) is 0 Å². The van der Waals surface area contributed by atoms with Crippen molar-refractivity contribution < 1.29 is 28.7 Å². The Morgan fingerprint density at radius 3 is 2.37 bits per heavy atom. The number of esters is 1. The summed E-state index contributed by atoms with van der Waals surface area (Å²) in [6.45, 7) is 5.72. The minimum Gasteiger partial charge on any atom is -0.469 e. The average Bonchev–Trinajstić information content (AvgIpc) is 2.59. The highest BCUT2D eigenvalue weighted by Crippen LogP contribution is 2.20. The first-order chi connectivity index (χ1) is 12.7. The van der Waals surface area contributed by atoms with Crippen molar-refractivity contribution in [3.63, 3.8) is 0 Å². The van der Waals surface area contributed by atoms with Crippen LogP contribution in [0.5, 0.6) is 0 Å². The molecule has 1 aromatic carbocycles. The number of ether oxygens (including phenoxy) is 2. The Bertz CT molecular complexity index is 671. The molecule has 1 amide bonds. The van der Waals surface area contributed by atoms with Crippen molar-refractivity contribution >= 4 is 18.0 Å². The van der Waals surface area contributed by atoms with Gasteiger partial charge >= 0.3 is 18.0 Å². The molecule has 1 aliphatic heterocycles. The second-order valence-corrected chi connectivity index (χ2v) is 7.39. The predicted molar refractivity (Wildman–Crippen MR) is 96.7 cm³/mol. The summed E-state index contributed by atoms with van der Waals surface area (Å²) in [7, 11) is 1.30. The predicted octanol–water partition coefficient (Wildman–Crippen LogP) is 2.15. The van der Waals surface area contributed by atoms with Crippen LogP contribution in [0.25, 0.3) is 0 Å². The van der Waals surface area contributed by atoms with E-state index in [2.05, 4.69) is 5.32 Å². The lowest BCUT2D eigenvalue weighted by Crippen LogP contribution is -2.53. The van der Waals surface area contributed by atoms with Crippen molar-refractivity contribution in [1.82, 2.24) is 10.4 Å². The first-order valence-corrected chi connectivity index (χ1v) is 8.77. The third kappa shape index (κ3) is 6.56. The summed E-state index contributed by atoms with van der Waals surface area (Å²) in [5.74, 6) is -1.49. The number of hydrogen-bond donors (Lipinski definition) is 1. The molecule has 2 unspecified atom stereocenters. The van der Waals surface area contributed by atoms with Crippen molar-refractivity contribution in [3.8, 4) is 0 Å². The third-order valence-electron chi connectivity index (χ3n) is 3.89. The van der Waals surface area contributed by atoms with Gasteiger partial charge in [-0.05, 0) is 39.3 Å². The highest BCUT2D eigenvalue weighted by Gasteiger charge is 2.35. The Kier molecular flexibility index (Phi) is 6.79. The normalized spacial score (nSPS) is 20.4. The molecule has 2 rings (SSSR count). The number of methoxy groups -OCH3 is 1. The molecular formula is C19H26N2O6. The largest absolute Gasteiger partial charge is 0.469 e. The van der Waals surface area contributed by atoms with Crippen molar-refractivity contribution in [2.24, 2.45) is 5.92 Å². The van der Waals surface area contributed by atoms with Crippen LogP contribution >= 0.6 is 0 Å². The minimum absolute atomic E-state index is 0.192. The third-order valence-corrected chi connectivity index (χ3v) is 3.89. The molecule has 1 N–H and O–H groups in total. The summed E-state index contributed by atoms with van der Waals surface area (Å²) >= 11 is 0. The molecule has 2 atom stereocenters. The maximum absolute atomic E-state index is 12.3. The molecule has 1 heterocycles. The number of piperidine rings is 1. The van der Waals surface area contributed by atoms with Crippen molar-refractivity contribution in [1.29, 1.82) is 0 Å². The lowest BCUT2D eigenvalue weighted by molar-refractivity contribution is -0.164. The average molecular weight is 378 g/mol. The van der Waals surface area contributed by atoms with E-state index in [1.54, 1.807) is 51.1 Å². The summed E-state index contributed by atoms with van der Waals surface area (Å²) in [6, 6.07) is 8.11. The number of alkyl carbamates (subject to hydrolysis) is 1. The zero-order valence-electron chi connectivity index (χ0n) is 16.1. The van der Waals surface area contributed by atoms with E-state index < -0.39 is 35.6 Å². The number of nitrogens with one attached hydrogen (secondary N) is 1. The monoisotopic (exact) mass is 378 g/mol. The molecular weight excluding hydrogens is 352 g/mol. The summed E-state index contributed by atoms with van der Waals surface area (Å²) in [5, 5.41) is 4.10. The van der Waals surface area contributed by atoms with Gasteiger partial charge in [0.25, 0.3) is 0 Å². The Morgan fingerprint density at radius 1 is 1.11 bits per heavy atom. The number of carbonyl (C=O) groups is 3. The van der Waals surface area contributed by atoms with Gasteiger partial charge in [-0.1, -0.05) is 18.2 Å². The molecule has 1 aromatic rings. The van der Waals surface area contributed by atoms with Crippen LogP contribution in [0.2, 0.25) is 0 Å². The topological polar surface area (TPSA) is 94.2 Å². The van der Waals surface area contributed by atoms with Crippen LogP contribution in [-0.4, -0.2) is 54.9 Å². The van der Waals surface area contributed by atoms with Crippen LogP contribution < -0.4 is 5.32 Å². The van der Waals surface area contributed by atoms with Gasteiger partial charge in [-0.2, -0.15) is 0 Å². The Balaban J connectivity index is 2.04. The number of hydrogen-bond acceptors (Lipinski definition) is 7. The molecule has 8 heteroatoms. The van der Waals surface area contributed by atoms with Gasteiger partial charge in [-0.3, -0.25) is 4.79 Å². The molecule has 1 saturated heterocycles. The van der Waals surface area contributed by atoms with E-state index >= 15 is 0 Å². The van der Waals surface area contributed by atoms with Gasteiger partial charge in [0, 0.05) is 12.6 Å². The van der Waals surface area contributed by atoms with Gasteiger partial charge in [0.15, 0.2) is 0 Å². The van der Waals surface area contributed by atoms with Gasteiger partial charge in [0.1, 0.15) is 5.60 Å². The molecule has 8 nitrogen and oxygen atoms in total. The summed E-state index contributed by atoms with van der Waals surface area (Å²) in [6.07, 6.45) is -0.224. The number of hydroxylamine groups is 2. The fraction of sp³-hybridized carbons (Fsp3) is 0.526. The molecule has 0 radical (unpaired) electrons. The van der Waals surface area contributed by atoms with E-state index in [0.717, 1.165) is 0 Å². The zero-order chi connectivity index (χ0) is 20.0. The standard InChI is InChI=1S/C19H26N2O6/c1-19(2,3)26-18(24)20-15-10-14(16(22)25-4)11-21(12-15)27-17(23)13-8-6-5-7-9-13/h5-9,14-15H,10-12H2,1-4H3,(H,20,24). The fourth-order valence-corrected chi connectivity index (χ4v) is 2.79. The van der Waals surface area contributed by atoms with Crippen molar-refractivity contribution in [2.45, 2.75) is 38.8 Å². The lowest BCUT2D eigenvalue weighted by Gasteiger charge is -2.35. The second-order valence-electron chi connectivity index (χ2n) is 7.39. The van der Waals surface area contributed by atoms with Crippen LogP contribution in [0.4, 0.5) is 4.79 Å². The molecule has 148 valence electrons. The van der Waals surface area contributed by atoms with E-state index in [9.17, 15) is 14.4 Å². The maximum atomic E-state index is 12.3. The first kappa shape index (κ1) is 20.7. The van der Waals surface area contributed by atoms with Gasteiger partial charge in [0.05, 0.1) is 25.1 Å². The molecule has 0 spiro atoms. The van der Waals surface area contributed by atoms with Gasteiger partial charge in [-0.25, -0.2) is 9.59 Å². The second kappa shape index (κ2) is 8.85. The minimum atomic E-state index is -0.639. The van der Waals surface area contributed by atoms with Crippen LogP contribution in [-0.2, 0) is 19.1 Å². The van der Waals surface area contributed by atoms with Crippen LogP contribution in [0.1, 0.15) is 37.6 Å². The highest BCUT2D eigenvalue weighted by atomic mass is 16.7. The summed E-state index contributed by atoms with van der Waals surface area (Å²) < 4.78 is 10.1. The van der Waals surface area contributed by atoms with E-state index in [1.165, 1.54) is 12.2 Å². The van der Waals surface area contributed by atoms with Crippen LogP contribution in [0.3, 0.4) is 0 Å². The van der Waals surface area contributed by atoms with Crippen molar-refractivity contribution in [3.05, 3.63) is 35.9 Å². The molecule has 0 saturated carbocycles. The van der Waals surface area contributed by atoms with E-state index in [4.69, 9.17) is 14.3 Å². The molecule has 0 bridgehead atoms. The fourth-order valence-electron chi connectivity index (χ4n) is 2.79. The number of rotatable bonds is 4. The number of amides is 1. The Morgan fingerprint density at radius 2 is 1.78 bits per heavy atom. The van der Waals surface area contributed by atoms with E-state index in [-0.39, 0.29) is 13.1 Å². The molecule has 0 aromatic heterocycles. The number of carbonyl (C=O) groups excluding carboxylic acids is 3. The van der Waals surface area contributed by atoms with Crippen molar-refractivity contribution in [2.75, 3.05) is 20.2 Å². The van der Waals surface area contributed by atoms with Crippen LogP contribution in [0, 0.1) is 5.92 Å². The lowest BCUT2D eigenvalue weighted by atomic mass is 9.95. The molecule has 0 aliphatic carbocycles. The molecule has 27 heavy (non-hydrogen) atoms. The number of benzene rings is 1. The smallest absolute Gasteiger partial charge is 0.407 e. The van der Waals surface area contributed by atoms with E-state index in [1.807, 2.05) is 0 Å². The van der Waals surface area contributed by atoms with Gasteiger partial charge in [-0.15, -0.1) is 5.06 Å². The Hall–Kier alpha value is -2.61. The summed E-state index contributed by atoms with van der Waals surface area (Å²) in [5.41, 5.74) is -0.241. The zero-order valence-corrected chi connectivity index (χ0v) is 16.1. The molecule has 1 aliphatic rings. The SMILES string of the molecule is COC(=O)C1CC(NC(=O)OC(C)(C)C)CN(OC(=O)c2ccccc2)C1. The quantitative estimate of drug-likeness (QED) is 0.802. The van der Waals surface area contributed by atoms with Crippen LogP contribution in [0.15, 0.2) is 30.3 Å². The highest BCUT2D eigenvalue weighted by molar-refractivity contribution is 5.89.